The average molecular weight is 705 g/mol. The number of carbonyl (C=O) groups excluding carboxylic acids is 3. The monoisotopic (exact) mass is 704 g/mol. The Kier molecular flexibility index (Phi) is 11.8. The van der Waals surface area contributed by atoms with Crippen molar-refractivity contribution in [3.8, 4) is 0 Å². The molecular formula is C37H40N2O8S2. The summed E-state index contributed by atoms with van der Waals surface area (Å²) in [7, 11) is -1.37. The summed E-state index contributed by atoms with van der Waals surface area (Å²) in [4.78, 5) is 40.7. The van der Waals surface area contributed by atoms with Gasteiger partial charge < -0.3 is 20.3 Å². The Morgan fingerprint density at radius 2 is 1.59 bits per heavy atom. The number of likely N-dealkylation sites (N-methyl/N-ethyl adjacent to an activating group) is 1. The first-order chi connectivity index (χ1) is 23.5. The number of aryl methyl sites for hydroxylation is 3. The molecule has 3 N–H and O–H groups in total. The zero-order chi connectivity index (χ0) is 35.1. The summed E-state index contributed by atoms with van der Waals surface area (Å²) in [6.07, 6.45) is 3.83. The van der Waals surface area contributed by atoms with Gasteiger partial charge in [0, 0.05) is 41.0 Å². The van der Waals surface area contributed by atoms with Crippen molar-refractivity contribution in [1.82, 2.24) is 4.31 Å². The number of ether oxygens (including phenoxy) is 1. The lowest BCUT2D eigenvalue weighted by Crippen LogP contribution is -2.35. The minimum absolute atomic E-state index is 0.0530. The summed E-state index contributed by atoms with van der Waals surface area (Å²) in [5.74, 6) is -0.959. The van der Waals surface area contributed by atoms with E-state index in [-0.39, 0.29) is 41.1 Å². The summed E-state index contributed by atoms with van der Waals surface area (Å²) in [5.41, 5.74) is 5.03. The number of hydrogen-bond donors (Lipinski definition) is 3. The van der Waals surface area contributed by atoms with Crippen molar-refractivity contribution in [2.24, 2.45) is 0 Å². The van der Waals surface area contributed by atoms with E-state index < -0.39 is 22.7 Å². The van der Waals surface area contributed by atoms with Crippen molar-refractivity contribution in [3.63, 3.8) is 0 Å². The third kappa shape index (κ3) is 8.70. The predicted molar refractivity (Wildman–Crippen MR) is 188 cm³/mol. The SMILES string of the molecule is COC(=O)c1ccc(CCc2ccc(NC(=O)c3c(CC(=O)c4cccc(S(=O)(=O)N(C)CC(O)CO)c4)sc4c3CCCC4)cc2)cc1. The fourth-order valence-corrected chi connectivity index (χ4v) is 8.53. The second kappa shape index (κ2) is 16.0. The maximum Gasteiger partial charge on any atom is 0.337 e. The smallest absolute Gasteiger partial charge is 0.337 e. The number of Topliss-reactive ketones (excluding diaryl/α,β-unsaturated/α-hetero) is 1. The molecule has 1 amide bonds. The molecule has 1 unspecified atom stereocenters. The van der Waals surface area contributed by atoms with Crippen LogP contribution in [-0.2, 0) is 46.9 Å². The average Bonchev–Trinajstić information content (AvgIpc) is 3.49. The summed E-state index contributed by atoms with van der Waals surface area (Å²) >= 11 is 1.47. The molecule has 0 aliphatic heterocycles. The van der Waals surface area contributed by atoms with E-state index in [1.54, 1.807) is 18.2 Å². The molecule has 12 heteroatoms. The van der Waals surface area contributed by atoms with Crippen molar-refractivity contribution in [1.29, 1.82) is 0 Å². The summed E-state index contributed by atoms with van der Waals surface area (Å²) in [6.45, 7) is -0.880. The van der Waals surface area contributed by atoms with Gasteiger partial charge in [-0.3, -0.25) is 9.59 Å². The molecule has 1 aliphatic carbocycles. The van der Waals surface area contributed by atoms with Crippen LogP contribution in [0.4, 0.5) is 5.69 Å². The Balaban J connectivity index is 1.28. The molecule has 0 saturated carbocycles. The van der Waals surface area contributed by atoms with Gasteiger partial charge in [-0.15, -0.1) is 11.3 Å². The number of sulfonamides is 1. The van der Waals surface area contributed by atoms with E-state index in [4.69, 9.17) is 9.84 Å². The van der Waals surface area contributed by atoms with Crippen LogP contribution in [0.15, 0.2) is 77.7 Å². The zero-order valence-corrected chi connectivity index (χ0v) is 29.1. The molecule has 1 atom stereocenters. The molecule has 1 heterocycles. The molecule has 4 aromatic rings. The molecular weight excluding hydrogens is 665 g/mol. The highest BCUT2D eigenvalue weighted by atomic mass is 32.2. The number of carbonyl (C=O) groups is 3. The number of thiophene rings is 1. The van der Waals surface area contributed by atoms with Crippen LogP contribution in [0.3, 0.4) is 0 Å². The second-order valence-corrected chi connectivity index (χ2v) is 15.3. The fourth-order valence-electron chi connectivity index (χ4n) is 5.88. The Bertz CT molecular complexity index is 1920. The lowest BCUT2D eigenvalue weighted by molar-refractivity contribution is 0.0600. The van der Waals surface area contributed by atoms with Gasteiger partial charge in [0.25, 0.3) is 5.91 Å². The van der Waals surface area contributed by atoms with Gasteiger partial charge >= 0.3 is 5.97 Å². The van der Waals surface area contributed by atoms with Crippen LogP contribution in [0.5, 0.6) is 0 Å². The van der Waals surface area contributed by atoms with Crippen LogP contribution in [0, 0.1) is 0 Å². The van der Waals surface area contributed by atoms with Gasteiger partial charge in [-0.2, -0.15) is 4.31 Å². The molecule has 49 heavy (non-hydrogen) atoms. The molecule has 1 aromatic heterocycles. The molecule has 5 rings (SSSR count). The maximum atomic E-state index is 13.8. The van der Waals surface area contributed by atoms with Crippen LogP contribution in [0.1, 0.15) is 70.4 Å². The number of benzene rings is 3. The second-order valence-electron chi connectivity index (χ2n) is 12.1. The quantitative estimate of drug-likeness (QED) is 0.125. The molecule has 0 spiro atoms. The summed E-state index contributed by atoms with van der Waals surface area (Å²) in [6, 6.07) is 20.7. The number of esters is 1. The van der Waals surface area contributed by atoms with Crippen LogP contribution < -0.4 is 5.32 Å². The Morgan fingerprint density at radius 3 is 2.24 bits per heavy atom. The van der Waals surface area contributed by atoms with Crippen molar-refractivity contribution < 1.29 is 37.8 Å². The van der Waals surface area contributed by atoms with E-state index in [1.807, 2.05) is 36.4 Å². The number of rotatable bonds is 14. The third-order valence-electron chi connectivity index (χ3n) is 8.62. The lowest BCUT2D eigenvalue weighted by atomic mass is 9.93. The standard InChI is InChI=1S/C37H40N2O8S2/c1-39(22-29(41)23-40)49(45,46)30-7-5-6-27(20-30)32(42)21-34-35(31-8-3-4-9-33(31)48-34)36(43)38-28-18-14-25(15-19-28)11-10-24-12-16-26(17-13-24)37(44)47-2/h5-7,12-20,29,40-41H,3-4,8-11,21-23H2,1-2H3,(H,38,43). The number of methoxy groups -OCH3 is 1. The number of anilines is 1. The van der Waals surface area contributed by atoms with Gasteiger partial charge in [-0.1, -0.05) is 36.4 Å². The van der Waals surface area contributed by atoms with E-state index in [0.29, 0.717) is 21.7 Å². The van der Waals surface area contributed by atoms with Gasteiger partial charge in [-0.25, -0.2) is 13.2 Å². The summed E-state index contributed by atoms with van der Waals surface area (Å²) in [5, 5.41) is 21.9. The number of aliphatic hydroxyl groups is 2. The van der Waals surface area contributed by atoms with Crippen molar-refractivity contribution in [2.45, 2.75) is 55.9 Å². The number of nitrogens with one attached hydrogen (secondary N) is 1. The van der Waals surface area contributed by atoms with E-state index in [0.717, 1.165) is 64.4 Å². The Hall–Kier alpha value is -4.20. The van der Waals surface area contributed by atoms with E-state index in [2.05, 4.69) is 5.32 Å². The number of ketones is 1. The van der Waals surface area contributed by atoms with E-state index >= 15 is 0 Å². The number of nitrogens with zero attached hydrogens (tertiary/aromatic N) is 1. The largest absolute Gasteiger partial charge is 0.465 e. The molecule has 10 nitrogen and oxygen atoms in total. The number of fused-ring (bicyclic) bond motifs is 1. The molecule has 1 aliphatic rings. The molecule has 0 saturated heterocycles. The lowest BCUT2D eigenvalue weighted by Gasteiger charge is -2.19. The normalized spacial score (nSPS) is 13.5. The molecule has 258 valence electrons. The van der Waals surface area contributed by atoms with Crippen molar-refractivity contribution >= 4 is 44.7 Å². The first-order valence-corrected chi connectivity index (χ1v) is 18.3. The van der Waals surface area contributed by atoms with Crippen molar-refractivity contribution in [3.05, 3.63) is 116 Å². The van der Waals surface area contributed by atoms with Crippen LogP contribution in [0.2, 0.25) is 0 Å². The van der Waals surface area contributed by atoms with Crippen LogP contribution in [0.25, 0.3) is 0 Å². The van der Waals surface area contributed by atoms with E-state index in [1.165, 1.54) is 43.7 Å². The highest BCUT2D eigenvalue weighted by molar-refractivity contribution is 7.89. The first-order valence-electron chi connectivity index (χ1n) is 16.1. The highest BCUT2D eigenvalue weighted by Gasteiger charge is 2.28. The number of hydrogen-bond acceptors (Lipinski definition) is 9. The summed E-state index contributed by atoms with van der Waals surface area (Å²) < 4.78 is 31.9. The van der Waals surface area contributed by atoms with Crippen LogP contribution in [-0.4, -0.2) is 74.0 Å². The fraction of sp³-hybridized carbons (Fsp3) is 0.324. The topological polar surface area (TPSA) is 150 Å². The zero-order valence-electron chi connectivity index (χ0n) is 27.5. The van der Waals surface area contributed by atoms with Gasteiger partial charge in [0.05, 0.1) is 35.8 Å². The highest BCUT2D eigenvalue weighted by Crippen LogP contribution is 2.36. The predicted octanol–water partition coefficient (Wildman–Crippen LogP) is 4.85. The Morgan fingerprint density at radius 1 is 0.939 bits per heavy atom. The molecule has 0 radical (unpaired) electrons. The van der Waals surface area contributed by atoms with Gasteiger partial charge in [0.2, 0.25) is 10.0 Å². The number of aliphatic hydroxyl groups excluding tert-OH is 2. The van der Waals surface area contributed by atoms with Crippen molar-refractivity contribution in [2.75, 3.05) is 32.6 Å². The van der Waals surface area contributed by atoms with Gasteiger partial charge in [-0.05, 0) is 91.6 Å². The minimum Gasteiger partial charge on any atom is -0.465 e. The molecule has 0 fully saturated rings. The first kappa shape index (κ1) is 36.1. The Labute approximate surface area is 290 Å². The van der Waals surface area contributed by atoms with Gasteiger partial charge in [0.1, 0.15) is 0 Å². The maximum absolute atomic E-state index is 13.8. The van der Waals surface area contributed by atoms with Gasteiger partial charge in [0.15, 0.2) is 5.78 Å². The third-order valence-corrected chi connectivity index (χ3v) is 11.7. The number of amides is 1. The van der Waals surface area contributed by atoms with E-state index in [9.17, 15) is 27.9 Å². The molecule has 3 aromatic carbocycles. The van der Waals surface area contributed by atoms with Crippen LogP contribution >= 0.6 is 11.3 Å². The minimum atomic E-state index is -4.02. The molecule has 0 bridgehead atoms.